The summed E-state index contributed by atoms with van der Waals surface area (Å²) in [6.45, 7) is 1.98. The quantitative estimate of drug-likeness (QED) is 0.833. The molecule has 0 aliphatic carbocycles. The molecule has 0 radical (unpaired) electrons. The van der Waals surface area contributed by atoms with Crippen LogP contribution in [0.1, 0.15) is 40.0 Å². The molecule has 0 aromatic heterocycles. The van der Waals surface area contributed by atoms with Gasteiger partial charge in [0.2, 0.25) is 0 Å². The second-order valence-corrected chi connectivity index (χ2v) is 4.57. The molecule has 0 aliphatic rings. The summed E-state index contributed by atoms with van der Waals surface area (Å²) in [5.74, 6) is 0. The van der Waals surface area contributed by atoms with Crippen LogP contribution in [0, 0.1) is 0 Å². The van der Waals surface area contributed by atoms with Gasteiger partial charge in [-0.1, -0.05) is 48.5 Å². The van der Waals surface area contributed by atoms with E-state index in [4.69, 9.17) is 5.73 Å². The lowest BCUT2D eigenvalue weighted by molar-refractivity contribution is 0.112. The average Bonchev–Trinajstić information content (AvgIpc) is 2.40. The van der Waals surface area contributed by atoms with E-state index in [0.29, 0.717) is 5.56 Å². The van der Waals surface area contributed by atoms with Crippen molar-refractivity contribution in [1.29, 1.82) is 0 Å². The van der Waals surface area contributed by atoms with Crippen molar-refractivity contribution < 1.29 is 4.79 Å². The summed E-state index contributed by atoms with van der Waals surface area (Å²) in [5, 5.41) is 0. The Labute approximate surface area is 107 Å². The van der Waals surface area contributed by atoms with Crippen LogP contribution in [0.4, 0.5) is 0 Å². The van der Waals surface area contributed by atoms with Gasteiger partial charge in [-0.25, -0.2) is 0 Å². The highest BCUT2D eigenvalue weighted by Crippen LogP contribution is 2.14. The van der Waals surface area contributed by atoms with Crippen molar-refractivity contribution >= 4 is 6.29 Å². The summed E-state index contributed by atoms with van der Waals surface area (Å²) < 4.78 is 0. The van der Waals surface area contributed by atoms with E-state index in [2.05, 4.69) is 24.3 Å². The fraction of sp³-hybridized carbons (Fsp3) is 0.188. The van der Waals surface area contributed by atoms with Gasteiger partial charge in [-0.05, 0) is 30.0 Å². The van der Waals surface area contributed by atoms with Gasteiger partial charge in [0, 0.05) is 11.6 Å². The van der Waals surface area contributed by atoms with Gasteiger partial charge < -0.3 is 5.73 Å². The predicted molar refractivity (Wildman–Crippen MR) is 73.7 cm³/mol. The molecule has 0 fully saturated rings. The minimum Gasteiger partial charge on any atom is -0.324 e. The molecule has 0 heterocycles. The largest absolute Gasteiger partial charge is 0.324 e. The Morgan fingerprint density at radius 1 is 1.00 bits per heavy atom. The first kappa shape index (κ1) is 12.5. The molecule has 1 atom stereocenters. The van der Waals surface area contributed by atoms with Crippen molar-refractivity contribution in [3.8, 4) is 0 Å². The molecular formula is C16H17NO. The first-order valence-corrected chi connectivity index (χ1v) is 6.07. The van der Waals surface area contributed by atoms with Gasteiger partial charge >= 0.3 is 0 Å². The van der Waals surface area contributed by atoms with E-state index >= 15 is 0 Å². The van der Waals surface area contributed by atoms with Crippen molar-refractivity contribution in [2.45, 2.75) is 19.4 Å². The molecule has 0 bridgehead atoms. The van der Waals surface area contributed by atoms with Crippen molar-refractivity contribution in [2.24, 2.45) is 5.73 Å². The fourth-order valence-corrected chi connectivity index (χ4v) is 1.89. The zero-order chi connectivity index (χ0) is 13.0. The Hall–Kier alpha value is -1.93. The molecule has 2 heteroatoms. The second-order valence-electron chi connectivity index (χ2n) is 4.57. The summed E-state index contributed by atoms with van der Waals surface area (Å²) >= 11 is 0. The SMILES string of the molecule is C[C@@H](N)c1ccc(Cc2ccc(C=O)cc2)cc1. The molecule has 0 aliphatic heterocycles. The van der Waals surface area contributed by atoms with Gasteiger partial charge in [0.05, 0.1) is 0 Å². The van der Waals surface area contributed by atoms with E-state index in [1.54, 1.807) is 0 Å². The molecule has 0 unspecified atom stereocenters. The number of rotatable bonds is 4. The number of hydrogen-bond acceptors (Lipinski definition) is 2. The number of benzene rings is 2. The van der Waals surface area contributed by atoms with Crippen molar-refractivity contribution in [1.82, 2.24) is 0 Å². The average molecular weight is 239 g/mol. The maximum atomic E-state index is 10.6. The lowest BCUT2D eigenvalue weighted by atomic mass is 10.0. The maximum Gasteiger partial charge on any atom is 0.150 e. The molecule has 0 saturated carbocycles. The van der Waals surface area contributed by atoms with Gasteiger partial charge in [-0.3, -0.25) is 4.79 Å². The van der Waals surface area contributed by atoms with E-state index < -0.39 is 0 Å². The van der Waals surface area contributed by atoms with Gasteiger partial charge in [0.1, 0.15) is 6.29 Å². The van der Waals surface area contributed by atoms with Crippen LogP contribution in [-0.2, 0) is 6.42 Å². The highest BCUT2D eigenvalue weighted by molar-refractivity contribution is 5.74. The smallest absolute Gasteiger partial charge is 0.150 e. The zero-order valence-corrected chi connectivity index (χ0v) is 10.5. The molecule has 0 amide bonds. The molecule has 18 heavy (non-hydrogen) atoms. The first-order valence-electron chi connectivity index (χ1n) is 6.07. The van der Waals surface area contributed by atoms with Crippen LogP contribution in [0.5, 0.6) is 0 Å². The molecule has 92 valence electrons. The van der Waals surface area contributed by atoms with E-state index in [9.17, 15) is 4.79 Å². The highest BCUT2D eigenvalue weighted by Gasteiger charge is 2.00. The van der Waals surface area contributed by atoms with Crippen molar-refractivity contribution in [2.75, 3.05) is 0 Å². The number of carbonyl (C=O) groups excluding carboxylic acids is 1. The number of carbonyl (C=O) groups is 1. The van der Waals surface area contributed by atoms with E-state index in [1.165, 1.54) is 11.1 Å². The van der Waals surface area contributed by atoms with Crippen molar-refractivity contribution in [3.63, 3.8) is 0 Å². The fourth-order valence-electron chi connectivity index (χ4n) is 1.89. The number of nitrogens with two attached hydrogens (primary N) is 1. The van der Waals surface area contributed by atoms with Crippen LogP contribution in [0.3, 0.4) is 0 Å². The molecule has 2 nitrogen and oxygen atoms in total. The Balaban J connectivity index is 2.10. The Morgan fingerprint density at radius 3 is 1.94 bits per heavy atom. The minimum absolute atomic E-state index is 0.0749. The van der Waals surface area contributed by atoms with Crippen LogP contribution >= 0.6 is 0 Å². The third-order valence-electron chi connectivity index (χ3n) is 3.03. The van der Waals surface area contributed by atoms with Crippen LogP contribution < -0.4 is 5.73 Å². The van der Waals surface area contributed by atoms with Gasteiger partial charge in [0.15, 0.2) is 0 Å². The van der Waals surface area contributed by atoms with Crippen molar-refractivity contribution in [3.05, 3.63) is 70.8 Å². The van der Waals surface area contributed by atoms with E-state index in [1.807, 2.05) is 31.2 Å². The molecule has 0 saturated heterocycles. The predicted octanol–water partition coefficient (Wildman–Crippen LogP) is 3.11. The van der Waals surface area contributed by atoms with E-state index in [0.717, 1.165) is 18.3 Å². The van der Waals surface area contributed by atoms with Gasteiger partial charge in [-0.15, -0.1) is 0 Å². The van der Waals surface area contributed by atoms with Crippen LogP contribution in [-0.4, -0.2) is 6.29 Å². The summed E-state index contributed by atoms with van der Waals surface area (Å²) in [5.41, 5.74) is 10.1. The third-order valence-corrected chi connectivity index (χ3v) is 3.03. The molecule has 0 spiro atoms. The number of aldehydes is 1. The summed E-state index contributed by atoms with van der Waals surface area (Å²) in [6, 6.07) is 16.1. The van der Waals surface area contributed by atoms with Crippen LogP contribution in [0.2, 0.25) is 0 Å². The molecular weight excluding hydrogens is 222 g/mol. The second kappa shape index (κ2) is 5.61. The van der Waals surface area contributed by atoms with Gasteiger partial charge in [0.25, 0.3) is 0 Å². The summed E-state index contributed by atoms with van der Waals surface area (Å²) in [6.07, 6.45) is 1.74. The number of hydrogen-bond donors (Lipinski definition) is 1. The topological polar surface area (TPSA) is 43.1 Å². The first-order chi connectivity index (χ1) is 8.69. The standard InChI is InChI=1S/C16H17NO/c1-12(17)16-8-6-14(7-9-16)10-13-2-4-15(11-18)5-3-13/h2-9,11-12H,10,17H2,1H3/t12-/m1/s1. The van der Waals surface area contributed by atoms with E-state index in [-0.39, 0.29) is 6.04 Å². The molecule has 2 N–H and O–H groups in total. The minimum atomic E-state index is 0.0749. The van der Waals surface area contributed by atoms with Crippen LogP contribution in [0.25, 0.3) is 0 Å². The Bertz CT molecular complexity index is 512. The molecule has 2 aromatic carbocycles. The lowest BCUT2D eigenvalue weighted by Crippen LogP contribution is -2.04. The third kappa shape index (κ3) is 3.05. The molecule has 2 rings (SSSR count). The summed E-state index contributed by atoms with van der Waals surface area (Å²) in [4.78, 5) is 10.6. The highest BCUT2D eigenvalue weighted by atomic mass is 16.1. The maximum absolute atomic E-state index is 10.6. The Morgan fingerprint density at radius 2 is 1.50 bits per heavy atom. The summed E-state index contributed by atoms with van der Waals surface area (Å²) in [7, 11) is 0. The lowest BCUT2D eigenvalue weighted by Gasteiger charge is -2.07. The van der Waals surface area contributed by atoms with Gasteiger partial charge in [-0.2, -0.15) is 0 Å². The monoisotopic (exact) mass is 239 g/mol. The normalized spacial score (nSPS) is 12.1. The Kier molecular flexibility index (Phi) is 3.90. The zero-order valence-electron chi connectivity index (χ0n) is 10.5. The van der Waals surface area contributed by atoms with Crippen LogP contribution in [0.15, 0.2) is 48.5 Å². The molecule has 2 aromatic rings.